The number of piperidine rings is 1. The Morgan fingerprint density at radius 2 is 1.89 bits per heavy atom. The summed E-state index contributed by atoms with van der Waals surface area (Å²) in [5.41, 5.74) is -0.628. The number of aryl methyl sites for hydroxylation is 1. The molecule has 5 heteroatoms. The first kappa shape index (κ1) is 21.4. The number of hydrogen-bond donors (Lipinski definition) is 2. The van der Waals surface area contributed by atoms with Crippen LogP contribution in [-0.4, -0.2) is 45.2 Å². The van der Waals surface area contributed by atoms with Gasteiger partial charge in [0.2, 0.25) is 0 Å². The first-order valence-corrected chi connectivity index (χ1v) is 10.0. The summed E-state index contributed by atoms with van der Waals surface area (Å²) in [6.45, 7) is 6.01. The lowest BCUT2D eigenvalue weighted by Crippen LogP contribution is -2.62. The van der Waals surface area contributed by atoms with Crippen LogP contribution in [0.1, 0.15) is 64.9 Å². The van der Waals surface area contributed by atoms with Crippen LogP contribution in [0.25, 0.3) is 0 Å². The summed E-state index contributed by atoms with van der Waals surface area (Å²) in [5, 5.41) is 20.7. The molecule has 2 atom stereocenters. The molecule has 27 heavy (non-hydrogen) atoms. The maximum absolute atomic E-state index is 13.1. The number of carbonyl (C=O) groups excluding carboxylic acids is 1. The number of hydrogen-bond acceptors (Lipinski definition) is 3. The highest BCUT2D eigenvalue weighted by Gasteiger charge is 2.50. The van der Waals surface area contributed by atoms with Crippen molar-refractivity contribution in [3.8, 4) is 0 Å². The number of nitrogens with zero attached hydrogens (tertiary/aromatic N) is 1. The molecule has 1 fully saturated rings. The highest BCUT2D eigenvalue weighted by atomic mass is 16.4. The number of amides is 1. The first-order valence-electron chi connectivity index (χ1n) is 10.0. The number of benzene rings is 1. The molecule has 5 nitrogen and oxygen atoms in total. The van der Waals surface area contributed by atoms with Crippen LogP contribution < -0.4 is 0 Å². The molecule has 0 aliphatic carbocycles. The monoisotopic (exact) mass is 375 g/mol. The summed E-state index contributed by atoms with van der Waals surface area (Å²) in [5.74, 6) is -1.39. The summed E-state index contributed by atoms with van der Waals surface area (Å²) < 4.78 is 0. The molecule has 150 valence electrons. The second-order valence-electron chi connectivity index (χ2n) is 8.37. The smallest absolute Gasteiger partial charge is 0.329 e. The largest absolute Gasteiger partial charge is 0.479 e. The van der Waals surface area contributed by atoms with Gasteiger partial charge in [-0.1, -0.05) is 51.1 Å². The second-order valence-corrected chi connectivity index (χ2v) is 8.37. The van der Waals surface area contributed by atoms with E-state index in [4.69, 9.17) is 0 Å². The lowest BCUT2D eigenvalue weighted by Gasteiger charge is -2.46. The van der Waals surface area contributed by atoms with Crippen molar-refractivity contribution >= 4 is 11.9 Å². The molecule has 0 aromatic heterocycles. The van der Waals surface area contributed by atoms with E-state index in [1.807, 2.05) is 51.1 Å². The molecule has 0 radical (unpaired) electrons. The molecule has 0 spiro atoms. The lowest BCUT2D eigenvalue weighted by molar-refractivity contribution is -0.170. The summed E-state index contributed by atoms with van der Waals surface area (Å²) in [4.78, 5) is 26.8. The molecule has 2 unspecified atom stereocenters. The topological polar surface area (TPSA) is 77.8 Å². The SMILES string of the molecule is CCC(C)(C)C(O)C(=O)N1CCCCC1(CCCc1ccccc1)C(=O)O. The molecular weight excluding hydrogens is 342 g/mol. The van der Waals surface area contributed by atoms with Gasteiger partial charge in [0.15, 0.2) is 0 Å². The van der Waals surface area contributed by atoms with Gasteiger partial charge >= 0.3 is 5.97 Å². The minimum absolute atomic E-state index is 0.396. The van der Waals surface area contributed by atoms with Gasteiger partial charge in [-0.25, -0.2) is 4.79 Å². The van der Waals surface area contributed by atoms with Gasteiger partial charge in [-0.05, 0) is 55.9 Å². The number of aliphatic hydroxyl groups excluding tert-OH is 1. The molecule has 2 N–H and O–H groups in total. The number of carbonyl (C=O) groups is 2. The predicted octanol–water partition coefficient (Wildman–Crippen LogP) is 3.64. The second kappa shape index (κ2) is 8.87. The van der Waals surface area contributed by atoms with Crippen LogP contribution in [0.15, 0.2) is 30.3 Å². The van der Waals surface area contributed by atoms with Gasteiger partial charge in [0.25, 0.3) is 5.91 Å². The van der Waals surface area contributed by atoms with Gasteiger partial charge in [0.1, 0.15) is 11.6 Å². The minimum atomic E-state index is -1.21. The molecule has 1 aromatic rings. The standard InChI is InChI=1S/C22H33NO4/c1-4-21(2,3)18(24)19(25)23-16-9-8-14-22(23,20(26)27)15-10-13-17-11-6-5-7-12-17/h5-7,11-12,18,24H,4,8-10,13-16H2,1-3H3,(H,26,27). The zero-order valence-corrected chi connectivity index (χ0v) is 16.8. The lowest BCUT2D eigenvalue weighted by atomic mass is 9.78. The Bertz CT molecular complexity index is 643. The Balaban J connectivity index is 2.19. The third-order valence-corrected chi connectivity index (χ3v) is 6.19. The average molecular weight is 376 g/mol. The predicted molar refractivity (Wildman–Crippen MR) is 105 cm³/mol. The fourth-order valence-corrected chi connectivity index (χ4v) is 3.85. The molecule has 1 aliphatic rings. The van der Waals surface area contributed by atoms with E-state index in [-0.39, 0.29) is 0 Å². The molecule has 2 rings (SSSR count). The summed E-state index contributed by atoms with van der Waals surface area (Å²) in [6.07, 6.45) is 3.34. The average Bonchev–Trinajstić information content (AvgIpc) is 2.67. The molecule has 1 aliphatic heterocycles. The van der Waals surface area contributed by atoms with E-state index >= 15 is 0 Å². The van der Waals surface area contributed by atoms with E-state index in [0.717, 1.165) is 19.3 Å². The van der Waals surface area contributed by atoms with Crippen LogP contribution in [0.2, 0.25) is 0 Å². The van der Waals surface area contributed by atoms with Crippen LogP contribution in [0.4, 0.5) is 0 Å². The van der Waals surface area contributed by atoms with Crippen LogP contribution in [0.3, 0.4) is 0 Å². The van der Waals surface area contributed by atoms with Crippen molar-refractivity contribution in [3.63, 3.8) is 0 Å². The van der Waals surface area contributed by atoms with Gasteiger partial charge < -0.3 is 15.1 Å². The molecule has 1 saturated heterocycles. The highest BCUT2D eigenvalue weighted by Crippen LogP contribution is 2.36. The van der Waals surface area contributed by atoms with E-state index in [0.29, 0.717) is 32.2 Å². The highest BCUT2D eigenvalue weighted by molar-refractivity contribution is 5.89. The van der Waals surface area contributed by atoms with Gasteiger partial charge in [-0.2, -0.15) is 0 Å². The summed E-state index contributed by atoms with van der Waals surface area (Å²) in [7, 11) is 0. The maximum atomic E-state index is 13.1. The first-order chi connectivity index (χ1) is 12.7. The minimum Gasteiger partial charge on any atom is -0.479 e. The Morgan fingerprint density at radius 3 is 2.48 bits per heavy atom. The van der Waals surface area contributed by atoms with E-state index in [2.05, 4.69) is 0 Å². The fourth-order valence-electron chi connectivity index (χ4n) is 3.85. The van der Waals surface area contributed by atoms with Crippen molar-refractivity contribution in [1.82, 2.24) is 4.90 Å². The van der Waals surface area contributed by atoms with Crippen LogP contribution in [-0.2, 0) is 16.0 Å². The summed E-state index contributed by atoms with van der Waals surface area (Å²) >= 11 is 0. The van der Waals surface area contributed by atoms with Gasteiger partial charge in [-0.3, -0.25) is 4.79 Å². The summed E-state index contributed by atoms with van der Waals surface area (Å²) in [6, 6.07) is 9.97. The van der Waals surface area contributed by atoms with Crippen LogP contribution in [0, 0.1) is 5.41 Å². The Labute approximate surface area is 162 Å². The van der Waals surface area contributed by atoms with E-state index in [1.54, 1.807) is 0 Å². The number of aliphatic carboxylic acids is 1. The normalized spacial score (nSPS) is 21.7. The van der Waals surface area contributed by atoms with Crippen LogP contribution >= 0.6 is 0 Å². The number of carboxylic acid groups (broad SMARTS) is 1. The van der Waals surface area contributed by atoms with E-state index in [1.165, 1.54) is 10.5 Å². The van der Waals surface area contributed by atoms with Crippen molar-refractivity contribution < 1.29 is 19.8 Å². The Morgan fingerprint density at radius 1 is 1.22 bits per heavy atom. The molecular formula is C22H33NO4. The third kappa shape index (κ3) is 4.70. The van der Waals surface area contributed by atoms with Gasteiger partial charge in [0.05, 0.1) is 0 Å². The van der Waals surface area contributed by atoms with Crippen molar-refractivity contribution in [2.75, 3.05) is 6.54 Å². The molecule has 1 aromatic carbocycles. The number of aliphatic hydroxyl groups is 1. The number of likely N-dealkylation sites (tertiary alicyclic amines) is 1. The van der Waals surface area contributed by atoms with Gasteiger partial charge in [-0.15, -0.1) is 0 Å². The Hall–Kier alpha value is -1.88. The van der Waals surface area contributed by atoms with Gasteiger partial charge in [0, 0.05) is 6.54 Å². The van der Waals surface area contributed by atoms with E-state index in [9.17, 15) is 19.8 Å². The van der Waals surface area contributed by atoms with E-state index < -0.39 is 28.9 Å². The quantitative estimate of drug-likeness (QED) is 0.727. The zero-order valence-electron chi connectivity index (χ0n) is 16.8. The fraction of sp³-hybridized carbons (Fsp3) is 0.636. The zero-order chi connectivity index (χ0) is 20.1. The van der Waals surface area contributed by atoms with Crippen molar-refractivity contribution in [2.45, 2.75) is 77.4 Å². The van der Waals surface area contributed by atoms with Crippen LogP contribution in [0.5, 0.6) is 0 Å². The Kier molecular flexibility index (Phi) is 7.04. The number of carboxylic acids is 1. The van der Waals surface area contributed by atoms with Crippen molar-refractivity contribution in [3.05, 3.63) is 35.9 Å². The van der Waals surface area contributed by atoms with Crippen molar-refractivity contribution in [1.29, 1.82) is 0 Å². The maximum Gasteiger partial charge on any atom is 0.329 e. The third-order valence-electron chi connectivity index (χ3n) is 6.19. The number of rotatable bonds is 8. The molecule has 1 heterocycles. The molecule has 0 bridgehead atoms. The van der Waals surface area contributed by atoms with Crippen molar-refractivity contribution in [2.24, 2.45) is 5.41 Å². The molecule has 0 saturated carbocycles. The molecule has 1 amide bonds.